The van der Waals surface area contributed by atoms with Gasteiger partial charge >= 0.3 is 0 Å². The summed E-state index contributed by atoms with van der Waals surface area (Å²) < 4.78 is 1.61. The van der Waals surface area contributed by atoms with Gasteiger partial charge in [0.25, 0.3) is 0 Å². The lowest BCUT2D eigenvalue weighted by molar-refractivity contribution is 0.789. The summed E-state index contributed by atoms with van der Waals surface area (Å²) >= 11 is 5.79. The van der Waals surface area contributed by atoms with E-state index in [1.165, 1.54) is 0 Å². The predicted molar refractivity (Wildman–Crippen MR) is 81.2 cm³/mol. The van der Waals surface area contributed by atoms with Crippen molar-refractivity contribution in [2.24, 2.45) is 12.2 Å². The van der Waals surface area contributed by atoms with E-state index in [4.69, 9.17) is 11.6 Å². The Morgan fingerprint density at radius 3 is 2.95 bits per heavy atom. The van der Waals surface area contributed by atoms with Gasteiger partial charge in [-0.25, -0.2) is 9.67 Å². The average molecular weight is 303 g/mol. The molecule has 0 aliphatic rings. The average Bonchev–Trinajstić information content (AvgIpc) is 2.77. The highest BCUT2D eigenvalue weighted by molar-refractivity contribution is 6.28. The van der Waals surface area contributed by atoms with E-state index < -0.39 is 0 Å². The van der Waals surface area contributed by atoms with Crippen LogP contribution in [-0.2, 0) is 7.05 Å². The Morgan fingerprint density at radius 2 is 2.19 bits per heavy atom. The Labute approximate surface area is 124 Å². The molecule has 2 heterocycles. The van der Waals surface area contributed by atoms with Gasteiger partial charge in [-0.2, -0.15) is 10.1 Å². The summed E-state index contributed by atoms with van der Waals surface area (Å²) in [6.07, 6.45) is 1.61. The van der Waals surface area contributed by atoms with Crippen LogP contribution in [0.5, 0.6) is 0 Å². The maximum atomic E-state index is 10.6. The lowest BCUT2D eigenvalue weighted by Crippen LogP contribution is -1.96. The highest BCUT2D eigenvalue weighted by Crippen LogP contribution is 2.28. The van der Waals surface area contributed by atoms with Crippen LogP contribution < -0.4 is 5.32 Å². The number of halogens is 1. The third-order valence-corrected chi connectivity index (χ3v) is 3.31. The van der Waals surface area contributed by atoms with Crippen molar-refractivity contribution in [3.05, 3.63) is 40.2 Å². The number of anilines is 2. The highest BCUT2D eigenvalue weighted by Gasteiger charge is 2.12. The topological polar surface area (TPSA) is 85.1 Å². The molecule has 0 saturated heterocycles. The fourth-order valence-electron chi connectivity index (χ4n) is 2.04. The molecule has 0 unspecified atom stereocenters. The van der Waals surface area contributed by atoms with E-state index >= 15 is 0 Å². The molecule has 0 radical (unpaired) electrons. The predicted octanol–water partition coefficient (Wildman–Crippen LogP) is 3.47. The summed E-state index contributed by atoms with van der Waals surface area (Å²) in [5, 5.41) is 11.4. The van der Waals surface area contributed by atoms with Crippen LogP contribution in [0, 0.1) is 11.8 Å². The van der Waals surface area contributed by atoms with Crippen molar-refractivity contribution in [2.75, 3.05) is 5.32 Å². The molecule has 0 atom stereocenters. The molecule has 3 aromatic rings. The van der Waals surface area contributed by atoms with Gasteiger partial charge in [-0.3, -0.25) is 0 Å². The third kappa shape index (κ3) is 2.43. The van der Waals surface area contributed by atoms with Gasteiger partial charge in [-0.1, -0.05) is 6.07 Å². The van der Waals surface area contributed by atoms with Crippen molar-refractivity contribution in [1.82, 2.24) is 19.7 Å². The van der Waals surface area contributed by atoms with E-state index in [-0.39, 0.29) is 5.28 Å². The maximum absolute atomic E-state index is 10.6. The number of aromatic nitrogens is 4. The van der Waals surface area contributed by atoms with E-state index in [1.54, 1.807) is 30.1 Å². The molecule has 1 N–H and O–H groups in total. The number of benzene rings is 1. The number of nitroso groups, excluding NO2 is 1. The summed E-state index contributed by atoms with van der Waals surface area (Å²) in [4.78, 5) is 18.8. The molecule has 0 spiro atoms. The second kappa shape index (κ2) is 5.10. The number of rotatable bonds is 3. The quantitative estimate of drug-likeness (QED) is 0.591. The van der Waals surface area contributed by atoms with Gasteiger partial charge in [-0.05, 0) is 41.4 Å². The summed E-state index contributed by atoms with van der Waals surface area (Å²) in [6.45, 7) is 1.93. The first-order valence-electron chi connectivity index (χ1n) is 6.15. The summed E-state index contributed by atoms with van der Waals surface area (Å²) in [6, 6.07) is 5.14. The van der Waals surface area contributed by atoms with Crippen LogP contribution in [0.1, 0.15) is 5.56 Å². The van der Waals surface area contributed by atoms with Gasteiger partial charge in [0.15, 0.2) is 11.5 Å². The monoisotopic (exact) mass is 302 g/mol. The van der Waals surface area contributed by atoms with Crippen molar-refractivity contribution in [1.29, 1.82) is 0 Å². The molecule has 8 heteroatoms. The molecule has 3 rings (SSSR count). The molecule has 2 aromatic heterocycles. The number of aryl methyl sites for hydroxylation is 2. The van der Waals surface area contributed by atoms with Gasteiger partial charge < -0.3 is 5.32 Å². The van der Waals surface area contributed by atoms with Crippen LogP contribution in [0.2, 0.25) is 5.28 Å². The molecule has 0 bridgehead atoms. The van der Waals surface area contributed by atoms with E-state index in [9.17, 15) is 4.91 Å². The van der Waals surface area contributed by atoms with Crippen molar-refractivity contribution < 1.29 is 0 Å². The maximum Gasteiger partial charge on any atom is 0.224 e. The Morgan fingerprint density at radius 1 is 1.38 bits per heavy atom. The lowest BCUT2D eigenvalue weighted by atomic mass is 10.2. The Bertz CT molecular complexity index is 844. The number of nitrogens with one attached hydrogen (secondary N) is 1. The minimum Gasteiger partial charge on any atom is -0.338 e. The van der Waals surface area contributed by atoms with Crippen LogP contribution in [0.3, 0.4) is 0 Å². The van der Waals surface area contributed by atoms with Crippen molar-refractivity contribution in [3.63, 3.8) is 0 Å². The minimum atomic E-state index is 0.167. The number of hydrogen-bond donors (Lipinski definition) is 1. The van der Waals surface area contributed by atoms with E-state index in [2.05, 4.69) is 25.6 Å². The van der Waals surface area contributed by atoms with E-state index in [0.717, 1.165) is 16.6 Å². The Hall–Kier alpha value is -2.54. The SMILES string of the molecule is Cc1ccc(N=O)cc1Nc1nn(C)c2nc(Cl)ncc12. The number of nitrogens with zero attached hydrogens (tertiary/aromatic N) is 5. The van der Waals surface area contributed by atoms with Gasteiger partial charge in [0, 0.05) is 18.9 Å². The van der Waals surface area contributed by atoms with E-state index in [1.807, 2.05) is 13.0 Å². The second-order valence-electron chi connectivity index (χ2n) is 4.56. The first kappa shape index (κ1) is 13.4. The van der Waals surface area contributed by atoms with Gasteiger partial charge in [0.05, 0.1) is 5.39 Å². The zero-order valence-electron chi connectivity index (χ0n) is 11.3. The van der Waals surface area contributed by atoms with Crippen LogP contribution in [0.15, 0.2) is 29.6 Å². The molecule has 0 aliphatic heterocycles. The van der Waals surface area contributed by atoms with Crippen molar-refractivity contribution in [3.8, 4) is 0 Å². The molecular formula is C13H11ClN6O. The molecule has 1 aromatic carbocycles. The standard InChI is InChI=1S/C13H11ClN6O/c1-7-3-4-8(19-21)5-10(7)16-11-9-6-15-13(14)17-12(9)20(2)18-11/h3-6H,1-2H3,(H,16,18). The molecule has 0 saturated carbocycles. The molecular weight excluding hydrogens is 292 g/mol. The van der Waals surface area contributed by atoms with Crippen LogP contribution >= 0.6 is 11.6 Å². The van der Waals surface area contributed by atoms with Gasteiger partial charge in [0.1, 0.15) is 5.69 Å². The fraction of sp³-hybridized carbons (Fsp3) is 0.154. The molecule has 21 heavy (non-hydrogen) atoms. The minimum absolute atomic E-state index is 0.167. The molecule has 0 aliphatic carbocycles. The van der Waals surface area contributed by atoms with Crippen molar-refractivity contribution >= 4 is 39.8 Å². The van der Waals surface area contributed by atoms with Crippen molar-refractivity contribution in [2.45, 2.75) is 6.92 Å². The van der Waals surface area contributed by atoms with E-state index in [0.29, 0.717) is 17.2 Å². The molecule has 7 nitrogen and oxygen atoms in total. The zero-order valence-corrected chi connectivity index (χ0v) is 12.1. The third-order valence-electron chi connectivity index (χ3n) is 3.13. The highest BCUT2D eigenvalue weighted by atomic mass is 35.5. The second-order valence-corrected chi connectivity index (χ2v) is 4.90. The van der Waals surface area contributed by atoms with Crippen LogP contribution in [0.4, 0.5) is 17.2 Å². The number of fused-ring (bicyclic) bond motifs is 1. The fourth-order valence-corrected chi connectivity index (χ4v) is 2.17. The summed E-state index contributed by atoms with van der Waals surface area (Å²) in [7, 11) is 1.77. The lowest BCUT2D eigenvalue weighted by Gasteiger charge is -2.07. The number of hydrogen-bond acceptors (Lipinski definition) is 6. The van der Waals surface area contributed by atoms with Gasteiger partial charge in [0.2, 0.25) is 5.28 Å². The van der Waals surface area contributed by atoms with Gasteiger partial charge in [-0.15, -0.1) is 4.91 Å². The summed E-state index contributed by atoms with van der Waals surface area (Å²) in [5.74, 6) is 0.593. The molecule has 106 valence electrons. The zero-order chi connectivity index (χ0) is 15.0. The van der Waals surface area contributed by atoms with Crippen LogP contribution in [0.25, 0.3) is 11.0 Å². The largest absolute Gasteiger partial charge is 0.338 e. The normalized spacial score (nSPS) is 10.8. The van der Waals surface area contributed by atoms with Crippen LogP contribution in [-0.4, -0.2) is 19.7 Å². The molecule has 0 amide bonds. The Balaban J connectivity index is 2.08. The smallest absolute Gasteiger partial charge is 0.224 e. The first-order valence-corrected chi connectivity index (χ1v) is 6.52. The molecule has 0 fully saturated rings. The summed E-state index contributed by atoms with van der Waals surface area (Å²) in [5.41, 5.74) is 2.69. The first-order chi connectivity index (χ1) is 10.1. The Kier molecular flexibility index (Phi) is 3.26.